The SMILES string of the molecule is CCC(Br)OC(=O)C(C)(C)Oc1ccc(Cl)cc1. The van der Waals surface area contributed by atoms with Gasteiger partial charge in [0.2, 0.25) is 0 Å². The van der Waals surface area contributed by atoms with Crippen molar-refractivity contribution in [3.8, 4) is 5.75 Å². The second kappa shape index (κ2) is 6.43. The summed E-state index contributed by atoms with van der Waals surface area (Å²) in [5.41, 5.74) is -1.05. The van der Waals surface area contributed by atoms with Crippen LogP contribution < -0.4 is 4.74 Å². The van der Waals surface area contributed by atoms with Gasteiger partial charge in [0, 0.05) is 5.02 Å². The first-order chi connectivity index (χ1) is 8.35. The quantitative estimate of drug-likeness (QED) is 0.598. The van der Waals surface area contributed by atoms with E-state index < -0.39 is 11.6 Å². The summed E-state index contributed by atoms with van der Waals surface area (Å²) in [6.45, 7) is 5.25. The van der Waals surface area contributed by atoms with Crippen LogP contribution in [0.15, 0.2) is 24.3 Å². The Balaban J connectivity index is 2.68. The number of alkyl halides is 1. The van der Waals surface area contributed by atoms with Crippen molar-refractivity contribution in [2.45, 2.75) is 37.8 Å². The first kappa shape index (κ1) is 15.3. The Labute approximate surface area is 121 Å². The van der Waals surface area contributed by atoms with Gasteiger partial charge in [-0.2, -0.15) is 0 Å². The molecule has 5 heteroatoms. The van der Waals surface area contributed by atoms with Crippen molar-refractivity contribution >= 4 is 33.5 Å². The van der Waals surface area contributed by atoms with Crippen LogP contribution in [0.5, 0.6) is 5.75 Å². The van der Waals surface area contributed by atoms with Crippen LogP contribution >= 0.6 is 27.5 Å². The molecule has 1 rings (SSSR count). The van der Waals surface area contributed by atoms with Crippen molar-refractivity contribution in [2.75, 3.05) is 0 Å². The fourth-order valence-corrected chi connectivity index (χ4v) is 1.48. The van der Waals surface area contributed by atoms with Gasteiger partial charge in [0.1, 0.15) is 5.75 Å². The number of hydrogen-bond donors (Lipinski definition) is 0. The summed E-state index contributed by atoms with van der Waals surface area (Å²) in [6, 6.07) is 6.83. The number of hydrogen-bond acceptors (Lipinski definition) is 3. The van der Waals surface area contributed by atoms with Crippen LogP contribution in [0.25, 0.3) is 0 Å². The predicted octanol–water partition coefficient (Wildman–Crippen LogP) is 4.17. The molecule has 0 N–H and O–H groups in total. The van der Waals surface area contributed by atoms with Crippen LogP contribution in [0.1, 0.15) is 27.2 Å². The zero-order chi connectivity index (χ0) is 13.8. The van der Waals surface area contributed by atoms with Crippen LogP contribution in [0.2, 0.25) is 5.02 Å². The van der Waals surface area contributed by atoms with Crippen LogP contribution in [-0.4, -0.2) is 16.6 Å². The largest absolute Gasteiger partial charge is 0.476 e. The molecule has 0 amide bonds. The maximum absolute atomic E-state index is 11.9. The number of benzene rings is 1. The highest BCUT2D eigenvalue weighted by Gasteiger charge is 2.33. The van der Waals surface area contributed by atoms with Gasteiger partial charge in [-0.1, -0.05) is 18.5 Å². The molecule has 18 heavy (non-hydrogen) atoms. The van der Waals surface area contributed by atoms with E-state index in [2.05, 4.69) is 15.9 Å². The van der Waals surface area contributed by atoms with Crippen molar-refractivity contribution in [3.05, 3.63) is 29.3 Å². The lowest BCUT2D eigenvalue weighted by atomic mass is 10.1. The summed E-state index contributed by atoms with van der Waals surface area (Å²) in [5.74, 6) is 0.158. The Morgan fingerprint density at radius 1 is 1.39 bits per heavy atom. The van der Waals surface area contributed by atoms with Gasteiger partial charge in [-0.15, -0.1) is 0 Å². The molecular weight excluding hydrogens is 319 g/mol. The highest BCUT2D eigenvalue weighted by molar-refractivity contribution is 9.09. The molecule has 3 nitrogen and oxygen atoms in total. The summed E-state index contributed by atoms with van der Waals surface area (Å²) >= 11 is 9.03. The van der Waals surface area contributed by atoms with E-state index in [9.17, 15) is 4.79 Å². The van der Waals surface area contributed by atoms with Gasteiger partial charge in [0.05, 0.1) is 0 Å². The molecule has 0 heterocycles. The molecule has 0 aliphatic carbocycles. The summed E-state index contributed by atoms with van der Waals surface area (Å²) < 4.78 is 10.8. The normalized spacial score (nSPS) is 12.9. The van der Waals surface area contributed by atoms with Crippen LogP contribution in [-0.2, 0) is 9.53 Å². The summed E-state index contributed by atoms with van der Waals surface area (Å²) in [6.07, 6.45) is 0.697. The van der Waals surface area contributed by atoms with Crippen molar-refractivity contribution in [1.82, 2.24) is 0 Å². The molecule has 0 saturated heterocycles. The van der Waals surface area contributed by atoms with Gasteiger partial charge < -0.3 is 9.47 Å². The summed E-state index contributed by atoms with van der Waals surface area (Å²) in [4.78, 5) is 11.9. The Morgan fingerprint density at radius 3 is 2.44 bits per heavy atom. The first-order valence-electron chi connectivity index (χ1n) is 5.65. The molecule has 0 fully saturated rings. The number of carbonyl (C=O) groups excluding carboxylic acids is 1. The van der Waals surface area contributed by atoms with Gasteiger partial charge in [-0.05, 0) is 60.5 Å². The smallest absolute Gasteiger partial charge is 0.351 e. The molecule has 0 radical (unpaired) electrons. The van der Waals surface area contributed by atoms with Crippen molar-refractivity contribution in [1.29, 1.82) is 0 Å². The molecule has 0 spiro atoms. The second-order valence-electron chi connectivity index (χ2n) is 4.29. The lowest BCUT2D eigenvalue weighted by molar-refractivity contribution is -0.160. The van der Waals surface area contributed by atoms with Gasteiger partial charge >= 0.3 is 5.97 Å². The van der Waals surface area contributed by atoms with E-state index in [1.807, 2.05) is 6.92 Å². The van der Waals surface area contributed by atoms with Gasteiger partial charge in [0.15, 0.2) is 10.6 Å². The van der Waals surface area contributed by atoms with Crippen molar-refractivity contribution in [3.63, 3.8) is 0 Å². The molecule has 100 valence electrons. The summed E-state index contributed by atoms with van der Waals surface area (Å²) in [7, 11) is 0. The fraction of sp³-hybridized carbons (Fsp3) is 0.462. The van der Waals surface area contributed by atoms with Gasteiger partial charge in [-0.3, -0.25) is 0 Å². The molecule has 1 unspecified atom stereocenters. The molecule has 1 aromatic carbocycles. The van der Waals surface area contributed by atoms with E-state index in [-0.39, 0.29) is 5.01 Å². The number of halogens is 2. The topological polar surface area (TPSA) is 35.5 Å². The molecule has 0 saturated carbocycles. The summed E-state index contributed by atoms with van der Waals surface area (Å²) in [5, 5.41) is 0.326. The lowest BCUT2D eigenvalue weighted by Crippen LogP contribution is -2.40. The molecule has 1 aromatic rings. The maximum atomic E-state index is 11.9. The van der Waals surface area contributed by atoms with Crippen LogP contribution in [0.4, 0.5) is 0 Å². The molecule has 0 aliphatic heterocycles. The van der Waals surface area contributed by atoms with Gasteiger partial charge in [0.25, 0.3) is 0 Å². The first-order valence-corrected chi connectivity index (χ1v) is 6.94. The van der Waals surface area contributed by atoms with E-state index in [0.29, 0.717) is 17.2 Å². The highest BCUT2D eigenvalue weighted by Crippen LogP contribution is 2.22. The molecule has 1 atom stereocenters. The van der Waals surface area contributed by atoms with Gasteiger partial charge in [-0.25, -0.2) is 4.79 Å². The zero-order valence-electron chi connectivity index (χ0n) is 10.6. The maximum Gasteiger partial charge on any atom is 0.351 e. The fourth-order valence-electron chi connectivity index (χ4n) is 1.18. The van der Waals surface area contributed by atoms with Crippen molar-refractivity contribution in [2.24, 2.45) is 0 Å². The molecule has 0 bridgehead atoms. The average Bonchev–Trinajstić information content (AvgIpc) is 2.31. The number of esters is 1. The highest BCUT2D eigenvalue weighted by atomic mass is 79.9. The number of carbonyl (C=O) groups is 1. The average molecular weight is 336 g/mol. The zero-order valence-corrected chi connectivity index (χ0v) is 12.9. The number of rotatable bonds is 5. The molecule has 0 aliphatic rings. The minimum atomic E-state index is -1.05. The predicted molar refractivity (Wildman–Crippen MR) is 75.3 cm³/mol. The molecular formula is C13H16BrClO3. The van der Waals surface area contributed by atoms with E-state index in [1.54, 1.807) is 38.1 Å². The van der Waals surface area contributed by atoms with E-state index in [4.69, 9.17) is 21.1 Å². The van der Waals surface area contributed by atoms with E-state index in [1.165, 1.54) is 0 Å². The number of ether oxygens (including phenoxy) is 2. The standard InChI is InChI=1S/C13H16BrClO3/c1-4-11(14)17-12(16)13(2,3)18-10-7-5-9(15)6-8-10/h5-8,11H,4H2,1-3H3. The van der Waals surface area contributed by atoms with E-state index in [0.717, 1.165) is 0 Å². The Bertz CT molecular complexity index is 403. The lowest BCUT2D eigenvalue weighted by Gasteiger charge is -2.25. The minimum Gasteiger partial charge on any atom is -0.476 e. The third kappa shape index (κ3) is 4.50. The van der Waals surface area contributed by atoms with Crippen LogP contribution in [0.3, 0.4) is 0 Å². The Kier molecular flexibility index (Phi) is 5.47. The van der Waals surface area contributed by atoms with E-state index >= 15 is 0 Å². The Hall–Kier alpha value is -0.740. The molecule has 0 aromatic heterocycles. The second-order valence-corrected chi connectivity index (χ2v) is 5.75. The minimum absolute atomic E-state index is 0.293. The van der Waals surface area contributed by atoms with Crippen LogP contribution in [0, 0.1) is 0 Å². The monoisotopic (exact) mass is 334 g/mol. The third-order valence-corrected chi connectivity index (χ3v) is 3.32. The Morgan fingerprint density at radius 2 is 1.94 bits per heavy atom. The van der Waals surface area contributed by atoms with Crippen molar-refractivity contribution < 1.29 is 14.3 Å². The third-order valence-electron chi connectivity index (χ3n) is 2.23.